The van der Waals surface area contributed by atoms with Crippen LogP contribution in [0.1, 0.15) is 25.7 Å². The lowest BCUT2D eigenvalue weighted by atomic mass is 9.99. The maximum absolute atomic E-state index is 3.63. The van der Waals surface area contributed by atoms with E-state index in [1.54, 1.807) is 0 Å². The maximum Gasteiger partial charge on any atom is 0.0553 e. The van der Waals surface area contributed by atoms with Gasteiger partial charge in [-0.15, -0.1) is 0 Å². The van der Waals surface area contributed by atoms with Gasteiger partial charge in [-0.2, -0.15) is 0 Å². The maximum atomic E-state index is 3.63. The molecule has 1 unspecified atom stereocenters. The summed E-state index contributed by atoms with van der Waals surface area (Å²) in [5, 5.41) is 0. The van der Waals surface area contributed by atoms with Gasteiger partial charge in [0.2, 0.25) is 0 Å². The number of fused-ring (bicyclic) bond motifs is 2. The fraction of sp³-hybridized carbons (Fsp3) is 0.400. The number of piperidine rings is 1. The van der Waals surface area contributed by atoms with Crippen molar-refractivity contribution >= 4 is 55.0 Å². The van der Waals surface area contributed by atoms with Crippen LogP contribution in [0, 0.1) is 0 Å². The minimum atomic E-state index is 0.709. The Labute approximate surface area is 171 Å². The molecule has 0 amide bonds. The summed E-state index contributed by atoms with van der Waals surface area (Å²) in [6.07, 6.45) is 5.27. The van der Waals surface area contributed by atoms with E-state index in [1.807, 2.05) is 11.8 Å². The van der Waals surface area contributed by atoms with Crippen LogP contribution < -0.4 is 4.90 Å². The van der Waals surface area contributed by atoms with E-state index in [0.29, 0.717) is 6.04 Å². The first-order valence-electron chi connectivity index (χ1n) is 8.86. The molecule has 0 bridgehead atoms. The van der Waals surface area contributed by atoms with Crippen LogP contribution >= 0.6 is 43.6 Å². The van der Waals surface area contributed by atoms with E-state index in [9.17, 15) is 0 Å². The molecule has 0 aliphatic carbocycles. The van der Waals surface area contributed by atoms with Gasteiger partial charge in [-0.3, -0.25) is 0 Å². The van der Waals surface area contributed by atoms with Crippen molar-refractivity contribution in [3.63, 3.8) is 0 Å². The summed E-state index contributed by atoms with van der Waals surface area (Å²) < 4.78 is 2.29. The molecule has 2 aliphatic heterocycles. The first kappa shape index (κ1) is 17.9. The lowest BCUT2D eigenvalue weighted by Gasteiger charge is -2.37. The minimum absolute atomic E-state index is 0.709. The predicted molar refractivity (Wildman–Crippen MR) is 114 cm³/mol. The fourth-order valence-corrected chi connectivity index (χ4v) is 6.06. The van der Waals surface area contributed by atoms with Crippen molar-refractivity contribution in [2.75, 3.05) is 25.0 Å². The van der Waals surface area contributed by atoms with E-state index in [4.69, 9.17) is 0 Å². The van der Waals surface area contributed by atoms with E-state index < -0.39 is 0 Å². The number of anilines is 2. The minimum Gasteiger partial charge on any atom is -0.340 e. The molecule has 25 heavy (non-hydrogen) atoms. The number of nitrogens with zero attached hydrogens (tertiary/aromatic N) is 2. The Morgan fingerprint density at radius 2 is 1.64 bits per heavy atom. The zero-order valence-electron chi connectivity index (χ0n) is 14.3. The molecular weight excluding hydrogens is 460 g/mol. The molecular formula is C20H22Br2N2S. The Morgan fingerprint density at radius 3 is 2.24 bits per heavy atom. The SMILES string of the molecule is CN1CCCCC1CCN1c2ccc(Br)cc2Sc2cc(Br)ccc21. The molecule has 0 N–H and O–H groups in total. The van der Waals surface area contributed by atoms with Crippen LogP contribution in [0.15, 0.2) is 55.1 Å². The van der Waals surface area contributed by atoms with Crippen LogP contribution in [0.25, 0.3) is 0 Å². The number of likely N-dealkylation sites (tertiary alicyclic amines) is 1. The molecule has 1 atom stereocenters. The van der Waals surface area contributed by atoms with Gasteiger partial charge in [0.1, 0.15) is 0 Å². The van der Waals surface area contributed by atoms with E-state index >= 15 is 0 Å². The van der Waals surface area contributed by atoms with Gasteiger partial charge >= 0.3 is 0 Å². The molecule has 4 rings (SSSR count). The van der Waals surface area contributed by atoms with Crippen LogP contribution in [0.5, 0.6) is 0 Å². The van der Waals surface area contributed by atoms with Crippen molar-refractivity contribution in [2.24, 2.45) is 0 Å². The zero-order chi connectivity index (χ0) is 17.4. The zero-order valence-corrected chi connectivity index (χ0v) is 18.3. The molecule has 2 aromatic carbocycles. The first-order chi connectivity index (χ1) is 12.1. The third-order valence-corrected chi connectivity index (χ3v) is 7.33. The standard InChI is InChI=1S/C20H22Br2N2S/c1-23-10-3-2-4-16(23)9-11-24-17-7-5-14(21)12-19(17)25-20-13-15(22)6-8-18(20)24/h5-8,12-13,16H,2-4,9-11H2,1H3. The smallest absolute Gasteiger partial charge is 0.0553 e. The van der Waals surface area contributed by atoms with Gasteiger partial charge in [0, 0.05) is 31.3 Å². The molecule has 1 saturated heterocycles. The third kappa shape index (κ3) is 3.80. The van der Waals surface area contributed by atoms with Crippen molar-refractivity contribution in [1.29, 1.82) is 0 Å². The molecule has 0 aromatic heterocycles. The molecule has 0 radical (unpaired) electrons. The Bertz CT molecular complexity index is 729. The topological polar surface area (TPSA) is 6.48 Å². The summed E-state index contributed by atoms with van der Waals surface area (Å²) in [5.41, 5.74) is 2.67. The predicted octanol–water partition coefficient (Wildman–Crippen LogP) is 6.69. The van der Waals surface area contributed by atoms with Gasteiger partial charge in [-0.25, -0.2) is 0 Å². The third-order valence-electron chi connectivity index (χ3n) is 5.25. The summed E-state index contributed by atoms with van der Waals surface area (Å²) in [6, 6.07) is 14.0. The largest absolute Gasteiger partial charge is 0.340 e. The summed E-state index contributed by atoms with van der Waals surface area (Å²) in [7, 11) is 2.28. The lowest BCUT2D eigenvalue weighted by Crippen LogP contribution is -2.38. The summed E-state index contributed by atoms with van der Waals surface area (Å²) in [4.78, 5) is 7.73. The van der Waals surface area contributed by atoms with E-state index in [2.05, 4.69) is 85.1 Å². The molecule has 0 spiro atoms. The fourth-order valence-electron chi connectivity index (χ4n) is 3.86. The number of benzene rings is 2. The second-order valence-electron chi connectivity index (χ2n) is 6.90. The van der Waals surface area contributed by atoms with Crippen molar-refractivity contribution in [3.05, 3.63) is 45.3 Å². The van der Waals surface area contributed by atoms with Crippen LogP contribution in [0.4, 0.5) is 11.4 Å². The molecule has 132 valence electrons. The summed E-state index contributed by atoms with van der Waals surface area (Å²) in [5.74, 6) is 0. The summed E-state index contributed by atoms with van der Waals surface area (Å²) >= 11 is 9.12. The van der Waals surface area contributed by atoms with Crippen molar-refractivity contribution in [2.45, 2.75) is 41.5 Å². The number of hydrogen-bond acceptors (Lipinski definition) is 3. The van der Waals surface area contributed by atoms with Crippen LogP contribution in [0.2, 0.25) is 0 Å². The van der Waals surface area contributed by atoms with Crippen LogP contribution in [0.3, 0.4) is 0 Å². The van der Waals surface area contributed by atoms with E-state index in [1.165, 1.54) is 53.4 Å². The highest BCUT2D eigenvalue weighted by Gasteiger charge is 2.26. The van der Waals surface area contributed by atoms with Crippen molar-refractivity contribution in [3.8, 4) is 0 Å². The molecule has 2 nitrogen and oxygen atoms in total. The molecule has 2 heterocycles. The quantitative estimate of drug-likeness (QED) is 0.482. The Hall–Kier alpha value is -0.490. The molecule has 2 aromatic rings. The molecule has 5 heteroatoms. The van der Waals surface area contributed by atoms with E-state index in [-0.39, 0.29) is 0 Å². The molecule has 1 fully saturated rings. The van der Waals surface area contributed by atoms with Gasteiger partial charge < -0.3 is 9.80 Å². The van der Waals surface area contributed by atoms with Gasteiger partial charge in [-0.05, 0) is 69.3 Å². The normalized spacial score (nSPS) is 20.3. The van der Waals surface area contributed by atoms with Gasteiger partial charge in [0.05, 0.1) is 11.4 Å². The van der Waals surface area contributed by atoms with Crippen molar-refractivity contribution < 1.29 is 0 Å². The number of rotatable bonds is 3. The first-order valence-corrected chi connectivity index (χ1v) is 11.3. The van der Waals surface area contributed by atoms with Crippen molar-refractivity contribution in [1.82, 2.24) is 4.90 Å². The average Bonchev–Trinajstić information content (AvgIpc) is 2.59. The summed E-state index contributed by atoms with van der Waals surface area (Å²) in [6.45, 7) is 2.31. The second-order valence-corrected chi connectivity index (χ2v) is 9.81. The van der Waals surface area contributed by atoms with E-state index in [0.717, 1.165) is 15.5 Å². The second kappa shape index (κ2) is 7.63. The van der Waals surface area contributed by atoms with Crippen LogP contribution in [-0.2, 0) is 0 Å². The number of halogens is 2. The Kier molecular flexibility index (Phi) is 5.46. The number of hydrogen-bond donors (Lipinski definition) is 0. The Morgan fingerprint density at radius 1 is 1.00 bits per heavy atom. The van der Waals surface area contributed by atoms with Gasteiger partial charge in [0.25, 0.3) is 0 Å². The average molecular weight is 482 g/mol. The highest BCUT2D eigenvalue weighted by atomic mass is 79.9. The van der Waals surface area contributed by atoms with Gasteiger partial charge in [-0.1, -0.05) is 50.0 Å². The lowest BCUT2D eigenvalue weighted by molar-refractivity contribution is 0.178. The molecule has 2 aliphatic rings. The Balaban J connectivity index is 1.64. The molecule has 0 saturated carbocycles. The monoisotopic (exact) mass is 480 g/mol. The van der Waals surface area contributed by atoms with Crippen LogP contribution in [-0.4, -0.2) is 31.1 Å². The highest BCUT2D eigenvalue weighted by Crippen LogP contribution is 2.49. The highest BCUT2D eigenvalue weighted by molar-refractivity contribution is 9.10. The van der Waals surface area contributed by atoms with Gasteiger partial charge in [0.15, 0.2) is 0 Å².